The minimum absolute atomic E-state index is 0.245. The second-order valence-corrected chi connectivity index (χ2v) is 6.77. The molecule has 0 atom stereocenters. The number of carbonyl (C=O) groups is 1. The number of nitrogens with zero attached hydrogens (tertiary/aromatic N) is 1. The molecule has 0 aliphatic carbocycles. The van der Waals surface area contributed by atoms with Crippen molar-refractivity contribution >= 4 is 33.2 Å². The van der Waals surface area contributed by atoms with Gasteiger partial charge in [0, 0.05) is 24.5 Å². The molecule has 2 heterocycles. The van der Waals surface area contributed by atoms with Crippen molar-refractivity contribution in [3.63, 3.8) is 0 Å². The predicted molar refractivity (Wildman–Crippen MR) is 74.4 cm³/mol. The molecule has 1 N–H and O–H groups in total. The van der Waals surface area contributed by atoms with Gasteiger partial charge in [-0.25, -0.2) is 0 Å². The van der Waals surface area contributed by atoms with Gasteiger partial charge in [0.2, 0.25) is 5.91 Å². The lowest BCUT2D eigenvalue weighted by atomic mass is 10.3. The van der Waals surface area contributed by atoms with E-state index in [9.17, 15) is 4.79 Å². The van der Waals surface area contributed by atoms with Crippen molar-refractivity contribution in [2.45, 2.75) is 19.3 Å². The van der Waals surface area contributed by atoms with Gasteiger partial charge in [-0.2, -0.15) is 0 Å². The van der Waals surface area contributed by atoms with Gasteiger partial charge in [-0.05, 0) is 47.3 Å². The molecule has 1 fully saturated rings. The van der Waals surface area contributed by atoms with Crippen molar-refractivity contribution in [1.82, 2.24) is 10.2 Å². The Morgan fingerprint density at radius 3 is 2.82 bits per heavy atom. The number of likely N-dealkylation sites (tertiary alicyclic amines) is 1. The first kappa shape index (κ1) is 13.1. The third-order valence-electron chi connectivity index (χ3n) is 2.91. The van der Waals surface area contributed by atoms with Crippen molar-refractivity contribution in [1.29, 1.82) is 0 Å². The van der Waals surface area contributed by atoms with Crippen LogP contribution in [0.4, 0.5) is 0 Å². The van der Waals surface area contributed by atoms with E-state index in [-0.39, 0.29) is 5.91 Å². The van der Waals surface area contributed by atoms with Crippen LogP contribution >= 0.6 is 27.3 Å². The normalized spacial score (nSPS) is 15.5. The summed E-state index contributed by atoms with van der Waals surface area (Å²) in [6.45, 7) is 3.23. The molecule has 94 valence electrons. The van der Waals surface area contributed by atoms with E-state index < -0.39 is 0 Å². The summed E-state index contributed by atoms with van der Waals surface area (Å²) in [5.41, 5.74) is 0. The average Bonchev–Trinajstić information content (AvgIpc) is 2.95. The fourth-order valence-corrected chi connectivity index (χ4v) is 3.45. The highest BCUT2D eigenvalue weighted by atomic mass is 79.9. The summed E-state index contributed by atoms with van der Waals surface area (Å²) in [5, 5.41) is 3.22. The zero-order chi connectivity index (χ0) is 12.1. The number of thiophene rings is 1. The van der Waals surface area contributed by atoms with E-state index in [1.807, 2.05) is 4.90 Å². The first-order valence-corrected chi connectivity index (χ1v) is 7.59. The SMILES string of the molecule is O=C(CNCCc1ccc(Br)s1)N1CCCC1. The standard InChI is InChI=1S/C12H17BrN2OS/c13-11-4-3-10(17-11)5-6-14-9-12(16)15-7-1-2-8-15/h3-4,14H,1-2,5-9H2. The Morgan fingerprint density at radius 1 is 1.41 bits per heavy atom. The smallest absolute Gasteiger partial charge is 0.236 e. The van der Waals surface area contributed by atoms with Crippen LogP contribution in [0.3, 0.4) is 0 Å². The van der Waals surface area contributed by atoms with Crippen LogP contribution in [0.1, 0.15) is 17.7 Å². The molecule has 0 unspecified atom stereocenters. The van der Waals surface area contributed by atoms with Crippen LogP contribution in [0.15, 0.2) is 15.9 Å². The number of hydrogen-bond donors (Lipinski definition) is 1. The van der Waals surface area contributed by atoms with Gasteiger partial charge in [-0.1, -0.05) is 0 Å². The van der Waals surface area contributed by atoms with Gasteiger partial charge >= 0.3 is 0 Å². The summed E-state index contributed by atoms with van der Waals surface area (Å²) in [7, 11) is 0. The molecule has 2 rings (SSSR count). The van der Waals surface area contributed by atoms with Crippen molar-refractivity contribution in [2.75, 3.05) is 26.2 Å². The average molecular weight is 317 g/mol. The molecule has 0 bridgehead atoms. The van der Waals surface area contributed by atoms with Gasteiger partial charge in [-0.3, -0.25) is 4.79 Å². The molecular formula is C12H17BrN2OS. The third kappa shape index (κ3) is 4.08. The van der Waals surface area contributed by atoms with Crippen LogP contribution in [-0.2, 0) is 11.2 Å². The van der Waals surface area contributed by atoms with Crippen molar-refractivity contribution < 1.29 is 4.79 Å². The summed E-state index contributed by atoms with van der Waals surface area (Å²) < 4.78 is 1.17. The fraction of sp³-hybridized carbons (Fsp3) is 0.583. The highest BCUT2D eigenvalue weighted by Crippen LogP contribution is 2.21. The Balaban J connectivity index is 1.61. The number of nitrogens with one attached hydrogen (secondary N) is 1. The van der Waals surface area contributed by atoms with Crippen LogP contribution in [0, 0.1) is 0 Å². The lowest BCUT2D eigenvalue weighted by molar-refractivity contribution is -0.129. The first-order valence-electron chi connectivity index (χ1n) is 5.98. The van der Waals surface area contributed by atoms with Crippen LogP contribution in [0.5, 0.6) is 0 Å². The molecule has 0 radical (unpaired) electrons. The lowest BCUT2D eigenvalue weighted by Gasteiger charge is -2.15. The van der Waals surface area contributed by atoms with Crippen LogP contribution in [0.25, 0.3) is 0 Å². The molecule has 0 saturated carbocycles. The molecule has 5 heteroatoms. The molecule has 1 saturated heterocycles. The van der Waals surface area contributed by atoms with Crippen molar-refractivity contribution in [3.05, 3.63) is 20.8 Å². The van der Waals surface area contributed by atoms with Crippen molar-refractivity contribution in [3.8, 4) is 0 Å². The second-order valence-electron chi connectivity index (χ2n) is 4.22. The summed E-state index contributed by atoms with van der Waals surface area (Å²) in [6, 6.07) is 4.19. The number of halogens is 1. The van der Waals surface area contributed by atoms with Gasteiger partial charge < -0.3 is 10.2 Å². The van der Waals surface area contributed by atoms with E-state index >= 15 is 0 Å². The first-order chi connectivity index (χ1) is 8.25. The summed E-state index contributed by atoms with van der Waals surface area (Å²) >= 11 is 5.20. The highest BCUT2D eigenvalue weighted by molar-refractivity contribution is 9.11. The zero-order valence-corrected chi connectivity index (χ0v) is 12.1. The quantitative estimate of drug-likeness (QED) is 0.845. The molecular weight excluding hydrogens is 300 g/mol. The number of amides is 1. The Hall–Kier alpha value is -0.390. The molecule has 1 aliphatic heterocycles. The maximum atomic E-state index is 11.7. The van der Waals surface area contributed by atoms with Crippen LogP contribution in [-0.4, -0.2) is 37.0 Å². The minimum atomic E-state index is 0.245. The van der Waals surface area contributed by atoms with E-state index in [1.165, 1.54) is 8.66 Å². The Morgan fingerprint density at radius 2 is 2.18 bits per heavy atom. The Kier molecular flexibility index (Phi) is 5.00. The summed E-state index contributed by atoms with van der Waals surface area (Å²) in [5.74, 6) is 0.245. The predicted octanol–water partition coefficient (Wildman–Crippen LogP) is 2.27. The Bertz CT molecular complexity index is 374. The lowest BCUT2D eigenvalue weighted by Crippen LogP contribution is -2.36. The van der Waals surface area contributed by atoms with E-state index in [2.05, 4.69) is 33.4 Å². The van der Waals surface area contributed by atoms with Gasteiger partial charge in [0.1, 0.15) is 0 Å². The maximum absolute atomic E-state index is 11.7. The molecule has 17 heavy (non-hydrogen) atoms. The summed E-state index contributed by atoms with van der Waals surface area (Å²) in [4.78, 5) is 15.0. The van der Waals surface area contributed by atoms with Crippen molar-refractivity contribution in [2.24, 2.45) is 0 Å². The van der Waals surface area contributed by atoms with E-state index in [0.29, 0.717) is 6.54 Å². The molecule has 0 aromatic carbocycles. The topological polar surface area (TPSA) is 32.3 Å². The third-order valence-corrected chi connectivity index (χ3v) is 4.60. The molecule has 1 aromatic rings. The zero-order valence-electron chi connectivity index (χ0n) is 9.75. The van der Waals surface area contributed by atoms with Gasteiger partial charge in [0.05, 0.1) is 10.3 Å². The monoisotopic (exact) mass is 316 g/mol. The van der Waals surface area contributed by atoms with Gasteiger partial charge in [-0.15, -0.1) is 11.3 Å². The maximum Gasteiger partial charge on any atom is 0.236 e. The minimum Gasteiger partial charge on any atom is -0.342 e. The molecule has 1 aromatic heterocycles. The molecule has 3 nitrogen and oxygen atoms in total. The van der Waals surface area contributed by atoms with Crippen LogP contribution in [0.2, 0.25) is 0 Å². The molecule has 1 aliphatic rings. The van der Waals surface area contributed by atoms with E-state index in [4.69, 9.17) is 0 Å². The second kappa shape index (κ2) is 6.52. The Labute approximate surface area is 114 Å². The van der Waals surface area contributed by atoms with Crippen LogP contribution < -0.4 is 5.32 Å². The summed E-state index contributed by atoms with van der Waals surface area (Å²) in [6.07, 6.45) is 3.31. The highest BCUT2D eigenvalue weighted by Gasteiger charge is 2.16. The van der Waals surface area contributed by atoms with E-state index in [1.54, 1.807) is 11.3 Å². The molecule has 0 spiro atoms. The number of rotatable bonds is 5. The van der Waals surface area contributed by atoms with Gasteiger partial charge in [0.25, 0.3) is 0 Å². The van der Waals surface area contributed by atoms with Gasteiger partial charge in [0.15, 0.2) is 0 Å². The number of hydrogen-bond acceptors (Lipinski definition) is 3. The fourth-order valence-electron chi connectivity index (χ4n) is 1.97. The largest absolute Gasteiger partial charge is 0.342 e. The molecule has 1 amide bonds. The van der Waals surface area contributed by atoms with E-state index in [0.717, 1.165) is 38.9 Å². The number of carbonyl (C=O) groups excluding carboxylic acids is 1.